The molecule has 0 saturated heterocycles. The number of anilines is 1. The Labute approximate surface area is 135 Å². The molecule has 22 heavy (non-hydrogen) atoms. The molecule has 5 heteroatoms. The molecule has 0 saturated carbocycles. The second kappa shape index (κ2) is 7.84. The Bertz CT molecular complexity index is 642. The smallest absolute Gasteiger partial charge is 0.250 e. The predicted molar refractivity (Wildman–Crippen MR) is 92.1 cm³/mol. The van der Waals surface area contributed by atoms with Crippen LogP contribution in [0, 0.1) is 6.92 Å². The molecule has 0 unspecified atom stereocenters. The van der Waals surface area contributed by atoms with Gasteiger partial charge in [-0.25, -0.2) is 0 Å². The fourth-order valence-corrected chi connectivity index (χ4v) is 3.10. The molecule has 0 aliphatic heterocycles. The number of rotatable bonds is 6. The first-order chi connectivity index (χ1) is 10.6. The van der Waals surface area contributed by atoms with E-state index in [1.165, 1.54) is 23.0 Å². The van der Waals surface area contributed by atoms with Crippen LogP contribution in [0.4, 0.5) is 5.13 Å². The maximum absolute atomic E-state index is 11.9. The first-order valence-corrected chi connectivity index (χ1v) is 8.33. The Morgan fingerprint density at radius 2 is 1.91 bits per heavy atom. The molecule has 1 aromatic carbocycles. The Hall–Kier alpha value is -2.01. The van der Waals surface area contributed by atoms with Gasteiger partial charge in [0.05, 0.1) is 0 Å². The Morgan fingerprint density at radius 1 is 1.23 bits per heavy atom. The molecule has 2 rings (SSSR count). The number of aromatic nitrogens is 2. The van der Waals surface area contributed by atoms with Crippen molar-refractivity contribution in [3.63, 3.8) is 0 Å². The molecule has 0 bridgehead atoms. The van der Waals surface area contributed by atoms with E-state index in [0.717, 1.165) is 23.4 Å². The average Bonchev–Trinajstić information content (AvgIpc) is 2.96. The fraction of sp³-hybridized carbons (Fsp3) is 0.353. The summed E-state index contributed by atoms with van der Waals surface area (Å²) < 4.78 is 0. The highest BCUT2D eigenvalue weighted by atomic mass is 32.1. The molecule has 0 atom stereocenters. The Balaban J connectivity index is 1.96. The first kappa shape index (κ1) is 16.4. The number of amides is 1. The predicted octanol–water partition coefficient (Wildman–Crippen LogP) is 4.40. The van der Waals surface area contributed by atoms with Gasteiger partial charge >= 0.3 is 0 Å². The Morgan fingerprint density at radius 3 is 2.55 bits per heavy atom. The zero-order valence-corrected chi connectivity index (χ0v) is 14.0. The number of aryl methyl sites for hydroxylation is 1. The topological polar surface area (TPSA) is 54.9 Å². The lowest BCUT2D eigenvalue weighted by Crippen LogP contribution is -2.07. The molecule has 0 aliphatic carbocycles. The van der Waals surface area contributed by atoms with Gasteiger partial charge in [0.2, 0.25) is 11.0 Å². The lowest BCUT2D eigenvalue weighted by molar-refractivity contribution is -0.111. The molecule has 116 valence electrons. The molecule has 4 nitrogen and oxygen atoms in total. The van der Waals surface area contributed by atoms with Crippen molar-refractivity contribution in [2.45, 2.75) is 39.5 Å². The molecule has 1 aromatic heterocycles. The van der Waals surface area contributed by atoms with Crippen LogP contribution in [0.2, 0.25) is 0 Å². The number of benzene rings is 1. The lowest BCUT2D eigenvalue weighted by Gasteiger charge is -2.05. The second-order valence-electron chi connectivity index (χ2n) is 5.19. The van der Waals surface area contributed by atoms with Gasteiger partial charge in [-0.3, -0.25) is 10.1 Å². The molecule has 0 radical (unpaired) electrons. The summed E-state index contributed by atoms with van der Waals surface area (Å²) in [6.07, 6.45) is 5.37. The van der Waals surface area contributed by atoms with Crippen molar-refractivity contribution < 1.29 is 4.79 Å². The normalized spacial score (nSPS) is 11.3. The highest BCUT2D eigenvalue weighted by Gasteiger charge is 2.13. The van der Waals surface area contributed by atoms with Crippen LogP contribution in [-0.4, -0.2) is 16.1 Å². The molecular formula is C17H21N3OS. The minimum Gasteiger partial charge on any atom is -0.297 e. The van der Waals surface area contributed by atoms with E-state index >= 15 is 0 Å². The van der Waals surface area contributed by atoms with Gasteiger partial charge < -0.3 is 0 Å². The molecular weight excluding hydrogens is 294 g/mol. The van der Waals surface area contributed by atoms with Crippen molar-refractivity contribution in [2.75, 3.05) is 5.32 Å². The number of carbonyl (C=O) groups is 1. The van der Waals surface area contributed by atoms with Gasteiger partial charge in [-0.15, -0.1) is 10.2 Å². The lowest BCUT2D eigenvalue weighted by atomic mass is 10.1. The fourth-order valence-electron chi connectivity index (χ4n) is 2.08. The van der Waals surface area contributed by atoms with Crippen LogP contribution in [0.5, 0.6) is 0 Å². The highest BCUT2D eigenvalue weighted by Crippen LogP contribution is 2.27. The highest BCUT2D eigenvalue weighted by molar-refractivity contribution is 7.15. The van der Waals surface area contributed by atoms with Gasteiger partial charge in [0, 0.05) is 12.0 Å². The van der Waals surface area contributed by atoms with E-state index in [1.54, 1.807) is 6.08 Å². The van der Waals surface area contributed by atoms with Crippen LogP contribution < -0.4 is 5.32 Å². The minimum absolute atomic E-state index is 0.187. The van der Waals surface area contributed by atoms with Crippen LogP contribution in [0.1, 0.15) is 48.7 Å². The van der Waals surface area contributed by atoms with E-state index in [0.29, 0.717) is 11.0 Å². The van der Waals surface area contributed by atoms with Crippen LogP contribution >= 0.6 is 11.3 Å². The van der Waals surface area contributed by atoms with E-state index in [2.05, 4.69) is 29.4 Å². The number of carbonyl (C=O) groups excluding carboxylic acids is 1. The summed E-state index contributed by atoms with van der Waals surface area (Å²) in [6.45, 7) is 6.31. The number of nitrogens with one attached hydrogen (secondary N) is 1. The van der Waals surface area contributed by atoms with Crippen LogP contribution in [0.3, 0.4) is 0 Å². The Kier molecular flexibility index (Phi) is 5.83. The van der Waals surface area contributed by atoms with Crippen LogP contribution in [0.25, 0.3) is 6.08 Å². The van der Waals surface area contributed by atoms with Crippen molar-refractivity contribution in [1.82, 2.24) is 10.2 Å². The number of nitrogens with zero attached hydrogens (tertiary/aromatic N) is 2. The van der Waals surface area contributed by atoms with Gasteiger partial charge in [-0.1, -0.05) is 55.0 Å². The summed E-state index contributed by atoms with van der Waals surface area (Å²) in [5.74, 6) is 0.235. The zero-order chi connectivity index (χ0) is 15.9. The molecule has 0 fully saturated rings. The van der Waals surface area contributed by atoms with Crippen molar-refractivity contribution >= 4 is 28.5 Å². The maximum atomic E-state index is 11.9. The average molecular weight is 315 g/mol. The number of hydrogen-bond acceptors (Lipinski definition) is 4. The molecule has 2 aromatic rings. The van der Waals surface area contributed by atoms with Gasteiger partial charge in [-0.05, 0) is 31.4 Å². The summed E-state index contributed by atoms with van der Waals surface area (Å²) >= 11 is 1.45. The summed E-state index contributed by atoms with van der Waals surface area (Å²) in [6, 6.07) is 8.00. The SMILES string of the molecule is CCC(CC)c1nnc(NC(=O)/C=C/c2ccc(C)cc2)s1. The van der Waals surface area contributed by atoms with Gasteiger partial charge in [0.15, 0.2) is 0 Å². The van der Waals surface area contributed by atoms with Crippen molar-refractivity contribution in [1.29, 1.82) is 0 Å². The largest absolute Gasteiger partial charge is 0.297 e. The first-order valence-electron chi connectivity index (χ1n) is 7.51. The van der Waals surface area contributed by atoms with Crippen molar-refractivity contribution in [2.24, 2.45) is 0 Å². The summed E-state index contributed by atoms with van der Waals surface area (Å²) in [5.41, 5.74) is 2.19. The van der Waals surface area contributed by atoms with E-state index in [4.69, 9.17) is 0 Å². The second-order valence-corrected chi connectivity index (χ2v) is 6.20. The minimum atomic E-state index is -0.187. The molecule has 0 spiro atoms. The molecule has 1 N–H and O–H groups in total. The summed E-state index contributed by atoms with van der Waals surface area (Å²) in [7, 11) is 0. The van der Waals surface area contributed by atoms with Crippen LogP contribution in [-0.2, 0) is 4.79 Å². The molecule has 1 amide bonds. The third kappa shape index (κ3) is 4.49. The zero-order valence-electron chi connectivity index (χ0n) is 13.2. The molecule has 1 heterocycles. The monoisotopic (exact) mass is 315 g/mol. The third-order valence-electron chi connectivity index (χ3n) is 3.51. The maximum Gasteiger partial charge on any atom is 0.250 e. The quantitative estimate of drug-likeness (QED) is 0.804. The van der Waals surface area contributed by atoms with E-state index in [9.17, 15) is 4.79 Å². The standard InChI is InChI=1S/C17H21N3OS/c1-4-14(5-2)16-19-20-17(22-16)18-15(21)11-10-13-8-6-12(3)7-9-13/h6-11,14H,4-5H2,1-3H3,(H,18,20,21)/b11-10+. The summed E-state index contributed by atoms with van der Waals surface area (Å²) in [4.78, 5) is 11.9. The van der Waals surface area contributed by atoms with E-state index in [-0.39, 0.29) is 5.91 Å². The van der Waals surface area contributed by atoms with E-state index in [1.807, 2.05) is 31.2 Å². The third-order valence-corrected chi connectivity index (χ3v) is 4.51. The van der Waals surface area contributed by atoms with Crippen LogP contribution in [0.15, 0.2) is 30.3 Å². The van der Waals surface area contributed by atoms with Crippen molar-refractivity contribution in [3.05, 3.63) is 46.5 Å². The van der Waals surface area contributed by atoms with Gasteiger partial charge in [0.1, 0.15) is 5.01 Å². The molecule has 0 aliphatic rings. The van der Waals surface area contributed by atoms with Gasteiger partial charge in [0.25, 0.3) is 0 Å². The number of hydrogen-bond donors (Lipinski definition) is 1. The van der Waals surface area contributed by atoms with Gasteiger partial charge in [-0.2, -0.15) is 0 Å². The van der Waals surface area contributed by atoms with E-state index < -0.39 is 0 Å². The van der Waals surface area contributed by atoms with Crippen molar-refractivity contribution in [3.8, 4) is 0 Å². The summed E-state index contributed by atoms with van der Waals surface area (Å²) in [5, 5.41) is 12.5.